The Morgan fingerprint density at radius 2 is 1.65 bits per heavy atom. The van der Waals surface area contributed by atoms with E-state index >= 15 is 0 Å². The van der Waals surface area contributed by atoms with Gasteiger partial charge in [0.15, 0.2) is 0 Å². The van der Waals surface area contributed by atoms with Crippen molar-refractivity contribution >= 4 is 21.6 Å². The Kier molecular flexibility index (Phi) is 2.76. The van der Waals surface area contributed by atoms with E-state index in [2.05, 4.69) is 0 Å². The molecule has 0 atom stereocenters. The predicted molar refractivity (Wildman–Crippen MR) is 74.4 cm³/mol. The lowest BCUT2D eigenvalue weighted by atomic mass is 10.2. The van der Waals surface area contributed by atoms with Gasteiger partial charge in [-0.2, -0.15) is 0 Å². The van der Waals surface area contributed by atoms with E-state index in [-0.39, 0.29) is 17.0 Å². The molecule has 1 aliphatic rings. The number of benzene rings is 2. The number of fused-ring (bicyclic) bond motifs is 1. The molecule has 0 unspecified atom stereocenters. The molecule has 2 aromatic rings. The van der Waals surface area contributed by atoms with Crippen LogP contribution in [0.4, 0.5) is 5.69 Å². The van der Waals surface area contributed by atoms with Crippen molar-refractivity contribution in [3.63, 3.8) is 0 Å². The number of anilines is 1. The van der Waals surface area contributed by atoms with E-state index in [1.165, 1.54) is 12.1 Å². The van der Waals surface area contributed by atoms with Crippen molar-refractivity contribution in [2.75, 3.05) is 5.73 Å². The van der Waals surface area contributed by atoms with Crippen LogP contribution in [0.2, 0.25) is 0 Å². The molecule has 1 aliphatic heterocycles. The first-order valence-corrected chi connectivity index (χ1v) is 7.44. The second-order valence-corrected chi connectivity index (χ2v) is 6.39. The summed E-state index contributed by atoms with van der Waals surface area (Å²) in [5, 5.41) is 0. The SMILES string of the molecule is Nc1ccc(CN2C(=O)c3ccccc3S2(=O)=O)cc1. The molecule has 0 fully saturated rings. The number of carbonyl (C=O) groups excluding carboxylic acids is 1. The number of carbonyl (C=O) groups is 1. The smallest absolute Gasteiger partial charge is 0.269 e. The highest BCUT2D eigenvalue weighted by atomic mass is 32.2. The molecule has 6 heteroatoms. The zero-order chi connectivity index (χ0) is 14.3. The standard InChI is InChI=1S/C14H12N2O3S/c15-11-7-5-10(6-8-11)9-16-14(17)12-3-1-2-4-13(12)20(16,18)19/h1-8H,9,15H2. The highest BCUT2D eigenvalue weighted by molar-refractivity contribution is 7.90. The topological polar surface area (TPSA) is 80.5 Å². The number of nitrogens with zero attached hydrogens (tertiary/aromatic N) is 1. The summed E-state index contributed by atoms with van der Waals surface area (Å²) in [5.41, 5.74) is 7.11. The molecular formula is C14H12N2O3S. The molecule has 0 saturated heterocycles. The quantitative estimate of drug-likeness (QED) is 0.851. The summed E-state index contributed by atoms with van der Waals surface area (Å²) in [5.74, 6) is -0.488. The van der Waals surface area contributed by atoms with Crippen molar-refractivity contribution in [3.8, 4) is 0 Å². The number of amides is 1. The van der Waals surface area contributed by atoms with E-state index in [1.807, 2.05) is 0 Å². The molecule has 5 nitrogen and oxygen atoms in total. The van der Waals surface area contributed by atoms with E-state index in [0.717, 1.165) is 4.31 Å². The number of hydrogen-bond donors (Lipinski definition) is 1. The van der Waals surface area contributed by atoms with E-state index in [4.69, 9.17) is 5.73 Å². The van der Waals surface area contributed by atoms with Crippen molar-refractivity contribution in [2.24, 2.45) is 0 Å². The maximum Gasteiger partial charge on any atom is 0.269 e. The van der Waals surface area contributed by atoms with Crippen LogP contribution in [0.5, 0.6) is 0 Å². The van der Waals surface area contributed by atoms with Crippen LogP contribution in [0.25, 0.3) is 0 Å². The average Bonchev–Trinajstić information content (AvgIpc) is 2.63. The van der Waals surface area contributed by atoms with Gasteiger partial charge in [0.1, 0.15) is 4.90 Å². The third-order valence-corrected chi connectivity index (χ3v) is 5.00. The van der Waals surface area contributed by atoms with Crippen LogP contribution < -0.4 is 5.73 Å². The Morgan fingerprint density at radius 3 is 2.30 bits per heavy atom. The number of nitrogens with two attached hydrogens (primary N) is 1. The Morgan fingerprint density at radius 1 is 1.00 bits per heavy atom. The van der Waals surface area contributed by atoms with Crippen LogP contribution in [0.1, 0.15) is 15.9 Å². The molecule has 1 heterocycles. The van der Waals surface area contributed by atoms with Gasteiger partial charge >= 0.3 is 0 Å². The molecule has 0 radical (unpaired) electrons. The normalized spacial score (nSPS) is 16.2. The molecule has 0 aliphatic carbocycles. The zero-order valence-corrected chi connectivity index (χ0v) is 11.3. The first-order valence-electron chi connectivity index (χ1n) is 6.00. The number of hydrogen-bond acceptors (Lipinski definition) is 4. The minimum atomic E-state index is -3.75. The maximum atomic E-state index is 12.3. The van der Waals surface area contributed by atoms with Gasteiger partial charge in [-0.05, 0) is 29.8 Å². The van der Waals surface area contributed by atoms with Crippen LogP contribution in [0.3, 0.4) is 0 Å². The van der Waals surface area contributed by atoms with Gasteiger partial charge < -0.3 is 5.73 Å². The molecular weight excluding hydrogens is 276 g/mol. The highest BCUT2D eigenvalue weighted by Crippen LogP contribution is 2.31. The van der Waals surface area contributed by atoms with Crippen LogP contribution in [-0.2, 0) is 16.6 Å². The van der Waals surface area contributed by atoms with E-state index in [0.29, 0.717) is 11.3 Å². The van der Waals surface area contributed by atoms with Crippen molar-refractivity contribution < 1.29 is 13.2 Å². The summed E-state index contributed by atoms with van der Waals surface area (Å²) >= 11 is 0. The van der Waals surface area contributed by atoms with E-state index in [9.17, 15) is 13.2 Å². The lowest BCUT2D eigenvalue weighted by Crippen LogP contribution is -2.29. The fourth-order valence-corrected chi connectivity index (χ4v) is 3.73. The highest BCUT2D eigenvalue weighted by Gasteiger charge is 2.40. The van der Waals surface area contributed by atoms with Crippen LogP contribution in [-0.4, -0.2) is 18.6 Å². The molecule has 2 N–H and O–H groups in total. The summed E-state index contributed by atoms with van der Waals surface area (Å²) in [4.78, 5) is 12.3. The summed E-state index contributed by atoms with van der Waals surface area (Å²) in [7, 11) is -3.75. The minimum Gasteiger partial charge on any atom is -0.399 e. The van der Waals surface area contributed by atoms with Gasteiger partial charge in [0.2, 0.25) is 0 Å². The van der Waals surface area contributed by atoms with Crippen molar-refractivity contribution in [2.45, 2.75) is 11.4 Å². The maximum absolute atomic E-state index is 12.3. The Balaban J connectivity index is 2.00. The second kappa shape index (κ2) is 4.35. The number of rotatable bonds is 2. The van der Waals surface area contributed by atoms with Crippen LogP contribution in [0.15, 0.2) is 53.4 Å². The van der Waals surface area contributed by atoms with Crippen molar-refractivity contribution in [1.29, 1.82) is 0 Å². The zero-order valence-electron chi connectivity index (χ0n) is 10.5. The van der Waals surface area contributed by atoms with Crippen molar-refractivity contribution in [3.05, 3.63) is 59.7 Å². The van der Waals surface area contributed by atoms with Crippen molar-refractivity contribution in [1.82, 2.24) is 4.31 Å². The fraction of sp³-hybridized carbons (Fsp3) is 0.0714. The summed E-state index contributed by atoms with van der Waals surface area (Å²) in [6.45, 7) is 0.0100. The largest absolute Gasteiger partial charge is 0.399 e. The van der Waals surface area contributed by atoms with E-state index in [1.54, 1.807) is 36.4 Å². The van der Waals surface area contributed by atoms with Gasteiger partial charge in [-0.1, -0.05) is 24.3 Å². The van der Waals surface area contributed by atoms with Gasteiger partial charge in [0.05, 0.1) is 12.1 Å². The third kappa shape index (κ3) is 1.85. The summed E-state index contributed by atoms with van der Waals surface area (Å²) in [6.07, 6.45) is 0. The predicted octanol–water partition coefficient (Wildman–Crippen LogP) is 1.61. The molecule has 2 aromatic carbocycles. The molecule has 0 spiro atoms. The second-order valence-electron chi connectivity index (χ2n) is 4.55. The molecule has 1 amide bonds. The third-order valence-electron chi connectivity index (χ3n) is 3.22. The van der Waals surface area contributed by atoms with Gasteiger partial charge in [0, 0.05) is 5.69 Å². The van der Waals surface area contributed by atoms with Gasteiger partial charge in [-0.15, -0.1) is 0 Å². The summed E-state index contributed by atoms with van der Waals surface area (Å²) in [6, 6.07) is 13.0. The first kappa shape index (κ1) is 12.7. The lowest BCUT2D eigenvalue weighted by Gasteiger charge is -2.15. The molecule has 102 valence electrons. The molecule has 0 saturated carbocycles. The Hall–Kier alpha value is -2.34. The summed E-state index contributed by atoms with van der Waals surface area (Å²) < 4.78 is 25.6. The Labute approximate surface area is 116 Å². The molecule has 0 aromatic heterocycles. The van der Waals surface area contributed by atoms with Crippen LogP contribution >= 0.6 is 0 Å². The number of nitrogen functional groups attached to an aromatic ring is 1. The lowest BCUT2D eigenvalue weighted by molar-refractivity contribution is 0.0865. The first-order chi connectivity index (χ1) is 9.50. The van der Waals surface area contributed by atoms with Gasteiger partial charge in [0.25, 0.3) is 15.9 Å². The van der Waals surface area contributed by atoms with E-state index < -0.39 is 15.9 Å². The van der Waals surface area contributed by atoms with Gasteiger partial charge in [-0.3, -0.25) is 4.79 Å². The fourth-order valence-electron chi connectivity index (χ4n) is 2.18. The monoisotopic (exact) mass is 288 g/mol. The minimum absolute atomic E-state index is 0.0100. The molecule has 3 rings (SSSR count). The number of sulfonamides is 1. The molecule has 20 heavy (non-hydrogen) atoms. The van der Waals surface area contributed by atoms with Gasteiger partial charge in [-0.25, -0.2) is 12.7 Å². The van der Waals surface area contributed by atoms with Crippen LogP contribution in [0, 0.1) is 0 Å². The molecule has 0 bridgehead atoms. The average molecular weight is 288 g/mol. The Bertz CT molecular complexity index is 782.